The van der Waals surface area contributed by atoms with E-state index in [9.17, 15) is 9.90 Å². The number of aliphatic hydroxyl groups is 1. The van der Waals surface area contributed by atoms with Crippen molar-refractivity contribution in [2.75, 3.05) is 26.8 Å². The van der Waals surface area contributed by atoms with Crippen molar-refractivity contribution in [1.29, 1.82) is 0 Å². The monoisotopic (exact) mass is 227 g/mol. The molecule has 0 bridgehead atoms. The van der Waals surface area contributed by atoms with Crippen LogP contribution in [0.15, 0.2) is 0 Å². The van der Waals surface area contributed by atoms with Gasteiger partial charge in [-0.3, -0.25) is 4.79 Å². The third-order valence-corrected chi connectivity index (χ3v) is 4.05. The van der Waals surface area contributed by atoms with Crippen LogP contribution in [0.25, 0.3) is 0 Å². The van der Waals surface area contributed by atoms with Crippen molar-refractivity contribution >= 4 is 5.91 Å². The molecule has 0 aromatic heterocycles. The molecule has 0 aromatic rings. The molecule has 92 valence electrons. The molecular weight excluding hydrogens is 206 g/mol. The fourth-order valence-electron chi connectivity index (χ4n) is 3.01. The van der Waals surface area contributed by atoms with Gasteiger partial charge in [0, 0.05) is 26.1 Å². The smallest absolute Gasteiger partial charge is 0.248 e. The van der Waals surface area contributed by atoms with Crippen LogP contribution in [0, 0.1) is 5.92 Å². The fourth-order valence-corrected chi connectivity index (χ4v) is 3.01. The van der Waals surface area contributed by atoms with Crippen LogP contribution in [0.3, 0.4) is 0 Å². The maximum absolute atomic E-state index is 11.7. The number of ether oxygens (including phenoxy) is 1. The van der Waals surface area contributed by atoms with Gasteiger partial charge in [0.05, 0.1) is 5.60 Å². The molecule has 4 heteroatoms. The number of methoxy groups -OCH3 is 1. The van der Waals surface area contributed by atoms with Crippen molar-refractivity contribution in [1.82, 2.24) is 4.90 Å². The lowest BCUT2D eigenvalue weighted by Crippen LogP contribution is -2.55. The molecule has 1 heterocycles. The number of likely N-dealkylation sites (tertiary alicyclic amines) is 1. The van der Waals surface area contributed by atoms with E-state index in [1.807, 2.05) is 4.90 Å². The van der Waals surface area contributed by atoms with Gasteiger partial charge in [-0.2, -0.15) is 0 Å². The molecule has 0 spiro atoms. The molecular formula is C12H21NO3. The highest BCUT2D eigenvalue weighted by atomic mass is 16.5. The van der Waals surface area contributed by atoms with Crippen LogP contribution in [0.5, 0.6) is 0 Å². The highest BCUT2D eigenvalue weighted by Gasteiger charge is 2.43. The van der Waals surface area contributed by atoms with Crippen LogP contribution >= 0.6 is 0 Å². The van der Waals surface area contributed by atoms with E-state index in [1.54, 1.807) is 7.11 Å². The highest BCUT2D eigenvalue weighted by molar-refractivity contribution is 5.77. The van der Waals surface area contributed by atoms with E-state index in [2.05, 4.69) is 0 Å². The summed E-state index contributed by atoms with van der Waals surface area (Å²) in [5, 5.41) is 10.5. The lowest BCUT2D eigenvalue weighted by Gasteiger charge is -2.47. The van der Waals surface area contributed by atoms with Crippen LogP contribution in [0.4, 0.5) is 0 Å². The molecule has 1 aliphatic carbocycles. The average molecular weight is 227 g/mol. The first-order chi connectivity index (χ1) is 7.65. The van der Waals surface area contributed by atoms with Crippen molar-refractivity contribution in [3.63, 3.8) is 0 Å². The molecule has 1 saturated heterocycles. The maximum Gasteiger partial charge on any atom is 0.248 e. The Morgan fingerprint density at radius 1 is 1.50 bits per heavy atom. The summed E-state index contributed by atoms with van der Waals surface area (Å²) in [5.41, 5.74) is -0.498. The normalized spacial score (nSPS) is 34.6. The van der Waals surface area contributed by atoms with Crippen LogP contribution in [0.1, 0.15) is 32.1 Å². The maximum atomic E-state index is 11.7. The van der Waals surface area contributed by atoms with E-state index in [4.69, 9.17) is 4.74 Å². The lowest BCUT2D eigenvalue weighted by atomic mass is 9.71. The largest absolute Gasteiger partial charge is 0.389 e. The quantitative estimate of drug-likeness (QED) is 0.758. The number of hydrogen-bond donors (Lipinski definition) is 1. The molecule has 2 atom stereocenters. The number of piperidine rings is 1. The summed E-state index contributed by atoms with van der Waals surface area (Å²) in [5.74, 6) is 0.325. The van der Waals surface area contributed by atoms with E-state index in [1.165, 1.54) is 6.42 Å². The molecule has 1 N–H and O–H groups in total. The van der Waals surface area contributed by atoms with Gasteiger partial charge < -0.3 is 14.7 Å². The second-order valence-corrected chi connectivity index (χ2v) is 5.07. The van der Waals surface area contributed by atoms with E-state index in [-0.39, 0.29) is 18.4 Å². The number of amides is 1. The molecule has 1 amide bonds. The van der Waals surface area contributed by atoms with E-state index in [0.717, 1.165) is 25.7 Å². The average Bonchev–Trinajstić information content (AvgIpc) is 2.28. The minimum atomic E-state index is -0.498. The summed E-state index contributed by atoms with van der Waals surface area (Å²) in [4.78, 5) is 13.5. The van der Waals surface area contributed by atoms with Crippen molar-refractivity contribution < 1.29 is 14.6 Å². The van der Waals surface area contributed by atoms with Crippen molar-refractivity contribution in [3.8, 4) is 0 Å². The number of carbonyl (C=O) groups excluding carboxylic acids is 1. The van der Waals surface area contributed by atoms with Gasteiger partial charge in [0.1, 0.15) is 6.61 Å². The molecule has 2 unspecified atom stereocenters. The van der Waals surface area contributed by atoms with Crippen LogP contribution < -0.4 is 0 Å². The molecule has 2 rings (SSSR count). The Bertz CT molecular complexity index is 269. The van der Waals surface area contributed by atoms with E-state index in [0.29, 0.717) is 13.1 Å². The first-order valence-corrected chi connectivity index (χ1v) is 6.15. The van der Waals surface area contributed by atoms with Gasteiger partial charge in [0.2, 0.25) is 5.91 Å². The molecule has 1 aliphatic heterocycles. The standard InChI is InChI=1S/C12H21NO3/c1-16-9-11(14)13-7-6-12(15)5-3-2-4-10(12)8-13/h10,15H,2-9H2,1H3. The lowest BCUT2D eigenvalue weighted by molar-refractivity contribution is -0.146. The summed E-state index contributed by atoms with van der Waals surface area (Å²) in [6.07, 6.45) is 4.99. The number of hydrogen-bond acceptors (Lipinski definition) is 3. The Morgan fingerprint density at radius 3 is 3.06 bits per heavy atom. The van der Waals surface area contributed by atoms with Crippen LogP contribution in [-0.4, -0.2) is 48.3 Å². The number of nitrogens with zero attached hydrogens (tertiary/aromatic N) is 1. The molecule has 0 aromatic carbocycles. The first-order valence-electron chi connectivity index (χ1n) is 6.15. The minimum Gasteiger partial charge on any atom is -0.389 e. The van der Waals surface area contributed by atoms with Crippen LogP contribution in [0.2, 0.25) is 0 Å². The van der Waals surface area contributed by atoms with Crippen molar-refractivity contribution in [3.05, 3.63) is 0 Å². The Kier molecular flexibility index (Phi) is 3.50. The highest BCUT2D eigenvalue weighted by Crippen LogP contribution is 2.39. The second-order valence-electron chi connectivity index (χ2n) is 5.07. The zero-order valence-electron chi connectivity index (χ0n) is 9.95. The van der Waals surface area contributed by atoms with E-state index < -0.39 is 5.60 Å². The molecule has 2 fully saturated rings. The summed E-state index contributed by atoms with van der Waals surface area (Å²) in [7, 11) is 1.54. The summed E-state index contributed by atoms with van der Waals surface area (Å²) in [6, 6.07) is 0. The third-order valence-electron chi connectivity index (χ3n) is 4.05. The summed E-state index contributed by atoms with van der Waals surface area (Å²) in [6.45, 7) is 1.54. The first kappa shape index (κ1) is 11.9. The molecule has 4 nitrogen and oxygen atoms in total. The molecule has 0 radical (unpaired) electrons. The van der Waals surface area contributed by atoms with Gasteiger partial charge in [0.15, 0.2) is 0 Å². The minimum absolute atomic E-state index is 0.0510. The van der Waals surface area contributed by atoms with Crippen LogP contribution in [-0.2, 0) is 9.53 Å². The van der Waals surface area contributed by atoms with Crippen molar-refractivity contribution in [2.24, 2.45) is 5.92 Å². The van der Waals surface area contributed by atoms with E-state index >= 15 is 0 Å². The SMILES string of the molecule is COCC(=O)N1CCC2(O)CCCCC2C1. The number of carbonyl (C=O) groups is 1. The molecule has 2 aliphatic rings. The topological polar surface area (TPSA) is 49.8 Å². The summed E-state index contributed by atoms with van der Waals surface area (Å²) >= 11 is 0. The van der Waals surface area contributed by atoms with Gasteiger partial charge in [-0.1, -0.05) is 12.8 Å². The number of fused-ring (bicyclic) bond motifs is 1. The second kappa shape index (κ2) is 4.72. The molecule has 1 saturated carbocycles. The van der Waals surface area contributed by atoms with Gasteiger partial charge >= 0.3 is 0 Å². The number of rotatable bonds is 2. The van der Waals surface area contributed by atoms with Gasteiger partial charge in [0.25, 0.3) is 0 Å². The predicted molar refractivity (Wildman–Crippen MR) is 60.0 cm³/mol. The zero-order chi connectivity index (χ0) is 11.6. The van der Waals surface area contributed by atoms with Gasteiger partial charge in [-0.05, 0) is 19.3 Å². The Hall–Kier alpha value is -0.610. The Balaban J connectivity index is 1.96. The Labute approximate surface area is 96.6 Å². The predicted octanol–water partition coefficient (Wildman–Crippen LogP) is 0.786. The summed E-state index contributed by atoms with van der Waals surface area (Å²) < 4.78 is 4.86. The Morgan fingerprint density at radius 2 is 2.31 bits per heavy atom. The van der Waals surface area contributed by atoms with Gasteiger partial charge in [-0.15, -0.1) is 0 Å². The third kappa shape index (κ3) is 2.23. The molecule has 16 heavy (non-hydrogen) atoms. The fraction of sp³-hybridized carbons (Fsp3) is 0.917. The zero-order valence-corrected chi connectivity index (χ0v) is 9.95. The van der Waals surface area contributed by atoms with Gasteiger partial charge in [-0.25, -0.2) is 0 Å². The van der Waals surface area contributed by atoms with Crippen molar-refractivity contribution in [2.45, 2.75) is 37.7 Å².